The van der Waals surface area contributed by atoms with Crippen molar-refractivity contribution >= 4 is 11.0 Å². The van der Waals surface area contributed by atoms with E-state index in [4.69, 9.17) is 23.9 Å². The summed E-state index contributed by atoms with van der Waals surface area (Å²) < 4.78 is 21.4. The van der Waals surface area contributed by atoms with E-state index >= 15 is 0 Å². The van der Waals surface area contributed by atoms with Crippen LogP contribution >= 0.6 is 0 Å². The number of methoxy groups -OCH3 is 2. The van der Waals surface area contributed by atoms with Gasteiger partial charge >= 0.3 is 5.63 Å². The van der Waals surface area contributed by atoms with E-state index < -0.39 is 5.63 Å². The molecule has 0 spiro atoms. The maximum atomic E-state index is 12.6. The second-order valence-electron chi connectivity index (χ2n) is 5.56. The summed E-state index contributed by atoms with van der Waals surface area (Å²) >= 11 is 0. The van der Waals surface area contributed by atoms with Crippen LogP contribution in [0, 0.1) is 18.3 Å². The molecule has 0 saturated heterocycles. The van der Waals surface area contributed by atoms with Crippen molar-refractivity contribution in [2.75, 3.05) is 20.8 Å². The summed E-state index contributed by atoms with van der Waals surface area (Å²) in [6, 6.07) is 12.3. The lowest BCUT2D eigenvalue weighted by molar-refractivity contribution is 0.355. The molecule has 3 aromatic rings. The number of aryl methyl sites for hydroxylation is 1. The molecule has 0 bridgehead atoms. The molecule has 0 unspecified atom stereocenters. The van der Waals surface area contributed by atoms with E-state index in [0.717, 1.165) is 10.9 Å². The molecule has 1 heterocycles. The summed E-state index contributed by atoms with van der Waals surface area (Å²) in [4.78, 5) is 12.6. The molecule has 6 nitrogen and oxygen atoms in total. The summed E-state index contributed by atoms with van der Waals surface area (Å²) in [7, 11) is 3.09. The van der Waals surface area contributed by atoms with Gasteiger partial charge in [0.15, 0.2) is 18.1 Å². The highest BCUT2D eigenvalue weighted by Gasteiger charge is 2.16. The Morgan fingerprint density at radius 3 is 2.54 bits per heavy atom. The Kier molecular flexibility index (Phi) is 4.81. The molecule has 1 aromatic heterocycles. The zero-order valence-electron chi connectivity index (χ0n) is 14.7. The average molecular weight is 351 g/mol. The van der Waals surface area contributed by atoms with Crippen molar-refractivity contribution in [3.05, 3.63) is 52.4 Å². The highest BCUT2D eigenvalue weighted by molar-refractivity contribution is 5.88. The molecule has 0 saturated carbocycles. The van der Waals surface area contributed by atoms with Gasteiger partial charge in [0, 0.05) is 5.39 Å². The van der Waals surface area contributed by atoms with Gasteiger partial charge in [-0.3, -0.25) is 0 Å². The Hall–Kier alpha value is -3.46. The number of benzene rings is 2. The standard InChI is InChI=1S/C20H17NO5/c1-12-15-11-14(25-9-8-21)5-7-16(15)26-20(22)19(12)13-4-6-17(23-2)18(10-13)24-3/h4-7,10-11H,9H2,1-3H3. The molecule has 0 fully saturated rings. The molecule has 26 heavy (non-hydrogen) atoms. The molecule has 2 aromatic carbocycles. The van der Waals surface area contributed by atoms with Gasteiger partial charge in [-0.05, 0) is 48.4 Å². The van der Waals surface area contributed by atoms with E-state index in [9.17, 15) is 4.79 Å². The van der Waals surface area contributed by atoms with Crippen LogP contribution in [0.1, 0.15) is 5.56 Å². The van der Waals surface area contributed by atoms with Gasteiger partial charge in [0.1, 0.15) is 17.4 Å². The first-order valence-electron chi connectivity index (χ1n) is 7.88. The van der Waals surface area contributed by atoms with E-state index in [1.165, 1.54) is 7.11 Å². The smallest absolute Gasteiger partial charge is 0.344 e. The summed E-state index contributed by atoms with van der Waals surface area (Å²) in [5, 5.41) is 9.40. The average Bonchev–Trinajstić information content (AvgIpc) is 2.66. The van der Waals surface area contributed by atoms with Gasteiger partial charge in [-0.15, -0.1) is 0 Å². The minimum Gasteiger partial charge on any atom is -0.493 e. The first-order chi connectivity index (χ1) is 12.6. The Labute approximate surface area is 150 Å². The van der Waals surface area contributed by atoms with Crippen molar-refractivity contribution in [1.29, 1.82) is 5.26 Å². The predicted octanol–water partition coefficient (Wildman–Crippen LogP) is 3.69. The fourth-order valence-corrected chi connectivity index (χ4v) is 2.86. The lowest BCUT2D eigenvalue weighted by Crippen LogP contribution is -2.06. The highest BCUT2D eigenvalue weighted by atomic mass is 16.5. The zero-order chi connectivity index (χ0) is 18.7. The maximum Gasteiger partial charge on any atom is 0.344 e. The van der Waals surface area contributed by atoms with E-state index in [0.29, 0.717) is 34.0 Å². The zero-order valence-corrected chi connectivity index (χ0v) is 14.7. The van der Waals surface area contributed by atoms with Crippen LogP contribution < -0.4 is 19.8 Å². The van der Waals surface area contributed by atoms with Gasteiger partial charge in [-0.25, -0.2) is 4.79 Å². The summed E-state index contributed by atoms with van der Waals surface area (Å²) in [5.74, 6) is 1.63. The van der Waals surface area contributed by atoms with Crippen molar-refractivity contribution in [3.8, 4) is 34.4 Å². The van der Waals surface area contributed by atoms with Crippen LogP contribution in [0.5, 0.6) is 17.2 Å². The third-order valence-electron chi connectivity index (χ3n) is 4.11. The number of hydrogen-bond acceptors (Lipinski definition) is 6. The second-order valence-corrected chi connectivity index (χ2v) is 5.56. The SMILES string of the molecule is COc1ccc(-c2c(C)c3cc(OCC#N)ccc3oc2=O)cc1OC. The lowest BCUT2D eigenvalue weighted by Gasteiger charge is -2.12. The molecule has 132 valence electrons. The molecule has 0 amide bonds. The van der Waals surface area contributed by atoms with Gasteiger partial charge < -0.3 is 18.6 Å². The minimum atomic E-state index is -0.437. The molecule has 0 aliphatic rings. The summed E-state index contributed by atoms with van der Waals surface area (Å²) in [5.41, 5.74) is 1.88. The monoisotopic (exact) mass is 351 g/mol. The normalized spacial score (nSPS) is 10.4. The van der Waals surface area contributed by atoms with E-state index in [-0.39, 0.29) is 6.61 Å². The number of nitrogens with zero attached hydrogens (tertiary/aromatic N) is 1. The van der Waals surface area contributed by atoms with Crippen LogP contribution in [-0.2, 0) is 0 Å². The van der Waals surface area contributed by atoms with E-state index in [1.54, 1.807) is 43.5 Å². The van der Waals surface area contributed by atoms with Gasteiger partial charge in [-0.1, -0.05) is 6.07 Å². The lowest BCUT2D eigenvalue weighted by atomic mass is 9.99. The largest absolute Gasteiger partial charge is 0.493 e. The minimum absolute atomic E-state index is 0.0517. The van der Waals surface area contributed by atoms with Crippen molar-refractivity contribution in [1.82, 2.24) is 0 Å². The third kappa shape index (κ3) is 3.07. The molecule has 0 aliphatic heterocycles. The van der Waals surface area contributed by atoms with Crippen molar-refractivity contribution in [2.45, 2.75) is 6.92 Å². The first kappa shape index (κ1) is 17.4. The van der Waals surface area contributed by atoms with Crippen LogP contribution in [-0.4, -0.2) is 20.8 Å². The van der Waals surface area contributed by atoms with Crippen LogP contribution in [0.2, 0.25) is 0 Å². The van der Waals surface area contributed by atoms with Crippen LogP contribution in [0.3, 0.4) is 0 Å². The predicted molar refractivity (Wildman–Crippen MR) is 96.9 cm³/mol. The van der Waals surface area contributed by atoms with Crippen LogP contribution in [0.15, 0.2) is 45.6 Å². The highest BCUT2D eigenvalue weighted by Crippen LogP contribution is 2.34. The van der Waals surface area contributed by atoms with E-state index in [1.807, 2.05) is 13.0 Å². The fraction of sp³-hybridized carbons (Fsp3) is 0.200. The molecule has 0 aliphatic carbocycles. The summed E-state index contributed by atoms with van der Waals surface area (Å²) in [6.07, 6.45) is 0. The Bertz CT molecular complexity index is 1060. The maximum absolute atomic E-state index is 12.6. The Balaban J connectivity index is 2.20. The molecular formula is C20H17NO5. The quantitative estimate of drug-likeness (QED) is 0.652. The molecule has 0 atom stereocenters. The molecule has 6 heteroatoms. The van der Waals surface area contributed by atoms with Crippen molar-refractivity contribution in [3.63, 3.8) is 0 Å². The van der Waals surface area contributed by atoms with Gasteiger partial charge in [0.2, 0.25) is 0 Å². The van der Waals surface area contributed by atoms with Gasteiger partial charge in [0.05, 0.1) is 19.8 Å². The van der Waals surface area contributed by atoms with Crippen LogP contribution in [0.25, 0.3) is 22.1 Å². The van der Waals surface area contributed by atoms with Gasteiger partial charge in [-0.2, -0.15) is 5.26 Å². The van der Waals surface area contributed by atoms with E-state index in [2.05, 4.69) is 0 Å². The number of fused-ring (bicyclic) bond motifs is 1. The fourth-order valence-electron chi connectivity index (χ4n) is 2.86. The molecule has 0 radical (unpaired) electrons. The molecular weight excluding hydrogens is 334 g/mol. The van der Waals surface area contributed by atoms with Crippen LogP contribution in [0.4, 0.5) is 0 Å². The number of nitriles is 1. The molecule has 0 N–H and O–H groups in total. The number of ether oxygens (including phenoxy) is 3. The first-order valence-corrected chi connectivity index (χ1v) is 7.88. The second kappa shape index (κ2) is 7.19. The topological polar surface area (TPSA) is 81.7 Å². The number of hydrogen-bond donors (Lipinski definition) is 0. The molecule has 3 rings (SSSR count). The Morgan fingerprint density at radius 2 is 1.85 bits per heavy atom. The number of rotatable bonds is 5. The van der Waals surface area contributed by atoms with Crippen molar-refractivity contribution < 1.29 is 18.6 Å². The summed E-state index contributed by atoms with van der Waals surface area (Å²) in [6.45, 7) is 1.79. The van der Waals surface area contributed by atoms with Gasteiger partial charge in [0.25, 0.3) is 0 Å². The Morgan fingerprint density at radius 1 is 1.08 bits per heavy atom. The van der Waals surface area contributed by atoms with Crippen molar-refractivity contribution in [2.24, 2.45) is 0 Å². The third-order valence-corrected chi connectivity index (χ3v) is 4.11.